The van der Waals surface area contributed by atoms with Crippen molar-refractivity contribution in [2.24, 2.45) is 5.92 Å². The average molecular weight is 288 g/mol. The minimum Gasteiger partial charge on any atom is -0.432 e. The molecule has 2 aliphatic rings. The van der Waals surface area contributed by atoms with Crippen LogP contribution < -0.4 is 0 Å². The van der Waals surface area contributed by atoms with Crippen molar-refractivity contribution in [3.05, 3.63) is 30.1 Å². The quantitative estimate of drug-likeness (QED) is 0.857. The maximum atomic E-state index is 12.6. The normalized spacial score (nSPS) is 29.0. The van der Waals surface area contributed by atoms with Crippen LogP contribution in [0.4, 0.5) is 4.79 Å². The van der Waals surface area contributed by atoms with E-state index in [1.54, 1.807) is 12.4 Å². The smallest absolute Gasteiger partial charge is 0.417 e. The molecule has 5 nitrogen and oxygen atoms in total. The van der Waals surface area contributed by atoms with E-state index in [4.69, 9.17) is 4.74 Å². The van der Waals surface area contributed by atoms with E-state index < -0.39 is 11.7 Å². The van der Waals surface area contributed by atoms with Crippen molar-refractivity contribution in [1.82, 2.24) is 9.88 Å². The molecule has 1 aromatic heterocycles. The third-order valence-corrected chi connectivity index (χ3v) is 4.47. The predicted molar refractivity (Wildman–Crippen MR) is 76.5 cm³/mol. The number of aromatic nitrogens is 1. The Labute approximate surface area is 124 Å². The Kier molecular flexibility index (Phi) is 3.66. The van der Waals surface area contributed by atoms with Crippen LogP contribution in [-0.4, -0.2) is 34.0 Å². The number of hydrogen-bond acceptors (Lipinski definition) is 4. The number of carbonyl (C=O) groups excluding carboxylic acids is 2. The van der Waals surface area contributed by atoms with E-state index in [0.717, 1.165) is 18.4 Å². The van der Waals surface area contributed by atoms with Gasteiger partial charge < -0.3 is 4.74 Å². The number of pyridine rings is 1. The molecule has 2 unspecified atom stereocenters. The van der Waals surface area contributed by atoms with Crippen LogP contribution in [0.2, 0.25) is 0 Å². The molecule has 112 valence electrons. The Balaban J connectivity index is 1.69. The molecule has 1 spiro atoms. The molecule has 1 saturated carbocycles. The fourth-order valence-electron chi connectivity index (χ4n) is 3.37. The average Bonchev–Trinajstić information content (AvgIpc) is 2.69. The number of rotatable bonds is 3. The van der Waals surface area contributed by atoms with Crippen LogP contribution >= 0.6 is 0 Å². The van der Waals surface area contributed by atoms with E-state index in [-0.39, 0.29) is 5.91 Å². The van der Waals surface area contributed by atoms with Crippen LogP contribution in [0.5, 0.6) is 0 Å². The van der Waals surface area contributed by atoms with Crippen LogP contribution in [0.15, 0.2) is 24.5 Å². The van der Waals surface area contributed by atoms with E-state index in [2.05, 4.69) is 11.9 Å². The summed E-state index contributed by atoms with van der Waals surface area (Å²) >= 11 is 0. The molecule has 0 bridgehead atoms. The van der Waals surface area contributed by atoms with Gasteiger partial charge in [0.2, 0.25) is 0 Å². The third kappa shape index (κ3) is 2.64. The molecule has 1 saturated heterocycles. The molecule has 1 aliphatic heterocycles. The van der Waals surface area contributed by atoms with Gasteiger partial charge in [-0.25, -0.2) is 9.69 Å². The Morgan fingerprint density at radius 2 is 2.14 bits per heavy atom. The lowest BCUT2D eigenvalue weighted by atomic mass is 9.78. The van der Waals surface area contributed by atoms with Gasteiger partial charge in [-0.1, -0.05) is 13.3 Å². The highest BCUT2D eigenvalue weighted by Crippen LogP contribution is 2.40. The summed E-state index contributed by atoms with van der Waals surface area (Å²) in [5.74, 6) is 0.281. The number of imide groups is 1. The van der Waals surface area contributed by atoms with Crippen LogP contribution in [-0.2, 0) is 16.0 Å². The lowest BCUT2D eigenvalue weighted by molar-refractivity contribution is -0.140. The monoisotopic (exact) mass is 288 g/mol. The molecule has 2 atom stereocenters. The van der Waals surface area contributed by atoms with Gasteiger partial charge in [-0.2, -0.15) is 0 Å². The third-order valence-electron chi connectivity index (χ3n) is 4.47. The molecule has 1 aromatic rings. The SMILES string of the molecule is CC1CCCC2(C1)OC(=O)N(CCc1ccncc1)C2=O. The first-order valence-electron chi connectivity index (χ1n) is 7.54. The minimum absolute atomic E-state index is 0.145. The van der Waals surface area contributed by atoms with Crippen molar-refractivity contribution in [3.63, 3.8) is 0 Å². The molecule has 1 aliphatic carbocycles. The van der Waals surface area contributed by atoms with Crippen molar-refractivity contribution in [2.75, 3.05) is 6.54 Å². The Bertz CT molecular complexity index is 546. The van der Waals surface area contributed by atoms with Crippen molar-refractivity contribution in [3.8, 4) is 0 Å². The molecule has 2 heterocycles. The van der Waals surface area contributed by atoms with Crippen LogP contribution in [0.3, 0.4) is 0 Å². The van der Waals surface area contributed by atoms with Gasteiger partial charge in [0.15, 0.2) is 5.60 Å². The number of carbonyl (C=O) groups is 2. The van der Waals surface area contributed by atoms with E-state index >= 15 is 0 Å². The molecule has 0 radical (unpaired) electrons. The van der Waals surface area contributed by atoms with Gasteiger partial charge in [0.05, 0.1) is 0 Å². The maximum Gasteiger partial charge on any atom is 0.417 e. The number of nitrogens with zero attached hydrogens (tertiary/aromatic N) is 2. The maximum absolute atomic E-state index is 12.6. The summed E-state index contributed by atoms with van der Waals surface area (Å²) in [6.45, 7) is 2.49. The Morgan fingerprint density at radius 3 is 2.86 bits per heavy atom. The second kappa shape index (κ2) is 5.47. The first kappa shape index (κ1) is 14.0. The molecule has 3 rings (SSSR count). The molecule has 0 N–H and O–H groups in total. The van der Waals surface area contributed by atoms with E-state index in [0.29, 0.717) is 31.7 Å². The zero-order valence-corrected chi connectivity index (χ0v) is 12.2. The van der Waals surface area contributed by atoms with Crippen LogP contribution in [0.1, 0.15) is 38.2 Å². The first-order chi connectivity index (χ1) is 10.1. The second-order valence-corrected chi connectivity index (χ2v) is 6.13. The molecule has 2 amide bonds. The van der Waals surface area contributed by atoms with Gasteiger partial charge in [-0.3, -0.25) is 9.78 Å². The van der Waals surface area contributed by atoms with Gasteiger partial charge in [0.1, 0.15) is 0 Å². The second-order valence-electron chi connectivity index (χ2n) is 6.13. The lowest BCUT2D eigenvalue weighted by Crippen LogP contribution is -2.44. The summed E-state index contributed by atoms with van der Waals surface area (Å²) in [4.78, 5) is 29.9. The van der Waals surface area contributed by atoms with Gasteiger partial charge in [-0.05, 0) is 49.3 Å². The fourth-order valence-corrected chi connectivity index (χ4v) is 3.37. The zero-order valence-electron chi connectivity index (χ0n) is 12.2. The zero-order chi connectivity index (χ0) is 14.9. The topological polar surface area (TPSA) is 59.5 Å². The predicted octanol–water partition coefficient (Wildman–Crippen LogP) is 2.55. The number of ether oxygens (including phenoxy) is 1. The Morgan fingerprint density at radius 1 is 1.38 bits per heavy atom. The molecule has 5 heteroatoms. The van der Waals surface area contributed by atoms with Crippen molar-refractivity contribution >= 4 is 12.0 Å². The molecule has 0 aromatic carbocycles. The van der Waals surface area contributed by atoms with Crippen molar-refractivity contribution in [2.45, 2.75) is 44.6 Å². The summed E-state index contributed by atoms with van der Waals surface area (Å²) in [6, 6.07) is 3.79. The van der Waals surface area contributed by atoms with Gasteiger partial charge in [0, 0.05) is 18.9 Å². The summed E-state index contributed by atoms with van der Waals surface area (Å²) in [5.41, 5.74) is 0.177. The lowest BCUT2D eigenvalue weighted by Gasteiger charge is -2.32. The van der Waals surface area contributed by atoms with E-state index in [1.807, 2.05) is 12.1 Å². The fraction of sp³-hybridized carbons (Fsp3) is 0.562. The Hall–Kier alpha value is -1.91. The molecule has 21 heavy (non-hydrogen) atoms. The molecule has 2 fully saturated rings. The van der Waals surface area contributed by atoms with Gasteiger partial charge >= 0.3 is 6.09 Å². The highest BCUT2D eigenvalue weighted by molar-refractivity contribution is 6.03. The van der Waals surface area contributed by atoms with E-state index in [1.165, 1.54) is 4.90 Å². The summed E-state index contributed by atoms with van der Waals surface area (Å²) in [5, 5.41) is 0. The molecular formula is C16H20N2O3. The number of amides is 2. The van der Waals surface area contributed by atoms with Gasteiger partial charge in [-0.15, -0.1) is 0 Å². The summed E-state index contributed by atoms with van der Waals surface area (Å²) in [6.07, 6.45) is 6.93. The van der Waals surface area contributed by atoms with E-state index in [9.17, 15) is 9.59 Å². The highest BCUT2D eigenvalue weighted by atomic mass is 16.6. The summed E-state index contributed by atoms with van der Waals surface area (Å²) < 4.78 is 5.50. The van der Waals surface area contributed by atoms with Gasteiger partial charge in [0.25, 0.3) is 5.91 Å². The van der Waals surface area contributed by atoms with Crippen molar-refractivity contribution < 1.29 is 14.3 Å². The van der Waals surface area contributed by atoms with Crippen LogP contribution in [0.25, 0.3) is 0 Å². The van der Waals surface area contributed by atoms with Crippen LogP contribution in [0, 0.1) is 5.92 Å². The van der Waals surface area contributed by atoms with Crippen molar-refractivity contribution in [1.29, 1.82) is 0 Å². The molecular weight excluding hydrogens is 268 g/mol. The first-order valence-corrected chi connectivity index (χ1v) is 7.54. The number of hydrogen-bond donors (Lipinski definition) is 0. The highest BCUT2D eigenvalue weighted by Gasteiger charge is 2.54. The standard InChI is InChI=1S/C16H20N2O3/c1-12-3-2-7-16(11-12)14(19)18(15(20)21-16)10-6-13-4-8-17-9-5-13/h4-5,8-9,12H,2-3,6-7,10-11H2,1H3. The minimum atomic E-state index is -0.882. The summed E-state index contributed by atoms with van der Waals surface area (Å²) in [7, 11) is 0. The largest absolute Gasteiger partial charge is 0.432 e.